The number of unbranched alkanes of at least 4 members (excludes halogenated alkanes) is 3. The summed E-state index contributed by atoms with van der Waals surface area (Å²) < 4.78 is 46.7. The van der Waals surface area contributed by atoms with Crippen LogP contribution in [0.25, 0.3) is 0 Å². The van der Waals surface area contributed by atoms with Gasteiger partial charge in [-0.25, -0.2) is 10.1 Å². The standard InChI is InChI=1S/C43H57N3O8S2/c1-9-10-15-28-44-35-20-13-11-18-33(35)42(5,6)37(44)26-24-31-22-23-32(39(31)46(55-54-53-48)40(47)52-41(2,3)4)25-27-38-43(7,8)34-19-12-14-21-36(34)45(38)29-16-17-30-56(49,50)51/h11-14,18-21,24-27H,9-10,15-17,22-23,28-30H2,1-8H3,(H-,48,49,50,51)/p+1. The number of amides is 1. The van der Waals surface area contributed by atoms with Gasteiger partial charge in [0.05, 0.1) is 16.9 Å². The smallest absolute Gasteiger partial charge is 0.427 e. The van der Waals surface area contributed by atoms with E-state index < -0.39 is 27.2 Å². The molecule has 0 aromatic heterocycles. The van der Waals surface area contributed by atoms with Gasteiger partial charge in [-0.1, -0.05) is 80.8 Å². The zero-order valence-electron chi connectivity index (χ0n) is 34.0. The maximum Gasteiger partial charge on any atom is 0.427 e. The van der Waals surface area contributed by atoms with E-state index in [4.69, 9.17) is 9.07 Å². The number of fused-ring (bicyclic) bond motifs is 2. The Morgan fingerprint density at radius 3 is 2.32 bits per heavy atom. The van der Waals surface area contributed by atoms with Crippen LogP contribution in [0.15, 0.2) is 95.4 Å². The molecule has 0 spiro atoms. The highest BCUT2D eigenvalue weighted by molar-refractivity contribution is 7.92. The number of nitrogens with zero attached hydrogens (tertiary/aromatic N) is 3. The van der Waals surface area contributed by atoms with E-state index in [1.165, 1.54) is 21.3 Å². The molecule has 11 nitrogen and oxygen atoms in total. The monoisotopic (exact) mass is 808 g/mol. The second-order valence-electron chi connectivity index (χ2n) is 16.6. The molecular formula is C43H58N3O8S2+. The number of ether oxygens (including phenoxy) is 1. The number of hydrogen-bond donors (Lipinski definition) is 2. The molecule has 0 saturated carbocycles. The predicted octanol–water partition coefficient (Wildman–Crippen LogP) is 10.4. The van der Waals surface area contributed by atoms with Crippen molar-refractivity contribution >= 4 is 45.5 Å². The first kappa shape index (κ1) is 43.4. The average Bonchev–Trinajstić information content (AvgIpc) is 3.69. The van der Waals surface area contributed by atoms with E-state index in [0.717, 1.165) is 53.9 Å². The molecule has 1 aliphatic carbocycles. The Morgan fingerprint density at radius 1 is 0.946 bits per heavy atom. The van der Waals surface area contributed by atoms with Crippen molar-refractivity contribution in [2.45, 2.75) is 117 Å². The van der Waals surface area contributed by atoms with Crippen molar-refractivity contribution in [3.63, 3.8) is 0 Å². The largest absolute Gasteiger partial charge is 0.443 e. The molecule has 2 heterocycles. The lowest BCUT2D eigenvalue weighted by Gasteiger charge is -2.28. The van der Waals surface area contributed by atoms with Crippen LogP contribution in [-0.2, 0) is 35.1 Å². The second-order valence-corrected chi connectivity index (χ2v) is 18.8. The van der Waals surface area contributed by atoms with E-state index >= 15 is 0 Å². The minimum absolute atomic E-state index is 0.261. The number of benzene rings is 2. The quantitative estimate of drug-likeness (QED) is 0.0322. The van der Waals surface area contributed by atoms with Gasteiger partial charge in [0.25, 0.3) is 10.1 Å². The van der Waals surface area contributed by atoms with Crippen LogP contribution in [0.3, 0.4) is 0 Å². The molecule has 3 aliphatic rings. The van der Waals surface area contributed by atoms with Gasteiger partial charge in [0.2, 0.25) is 5.69 Å². The maximum atomic E-state index is 13.9. The van der Waals surface area contributed by atoms with Gasteiger partial charge in [-0.2, -0.15) is 17.3 Å². The fraction of sp³-hybridized carbons (Fsp3) is 0.488. The summed E-state index contributed by atoms with van der Waals surface area (Å²) in [6.45, 7) is 17.8. The van der Waals surface area contributed by atoms with Crippen molar-refractivity contribution in [3.8, 4) is 0 Å². The summed E-state index contributed by atoms with van der Waals surface area (Å²) in [5, 5.41) is 13.2. The average molecular weight is 809 g/mol. The number of anilines is 1. The number of rotatable bonds is 16. The summed E-state index contributed by atoms with van der Waals surface area (Å²) in [7, 11) is -4.06. The van der Waals surface area contributed by atoms with E-state index in [1.54, 1.807) is 20.8 Å². The fourth-order valence-electron chi connectivity index (χ4n) is 8.00. The highest BCUT2D eigenvalue weighted by atomic mass is 32.2. The van der Waals surface area contributed by atoms with Crippen molar-refractivity contribution in [2.75, 3.05) is 23.7 Å². The van der Waals surface area contributed by atoms with Gasteiger partial charge in [-0.05, 0) is 95.6 Å². The lowest BCUT2D eigenvalue weighted by Crippen LogP contribution is -2.33. The lowest BCUT2D eigenvalue weighted by atomic mass is 9.81. The number of carbonyl (C=O) groups excluding carboxylic acids is 1. The van der Waals surface area contributed by atoms with Crippen molar-refractivity contribution in [2.24, 2.45) is 0 Å². The van der Waals surface area contributed by atoms with Crippen LogP contribution in [0.2, 0.25) is 0 Å². The number of allylic oxidation sites excluding steroid dienone is 7. The summed E-state index contributed by atoms with van der Waals surface area (Å²) in [4.78, 5) is 16.1. The SMILES string of the molecule is CCCCC[N+]1=C(/C=C/C2=C(N(SOOO)C(=O)OC(C)(C)C)C(=C/C=C3/N(CCCCS(=O)(=O)O)c4ccccc4C3(C)C)/CC2)C(C)(C)c2ccccc21. The van der Waals surface area contributed by atoms with E-state index in [0.29, 0.717) is 50.2 Å². The molecule has 2 aliphatic heterocycles. The lowest BCUT2D eigenvalue weighted by molar-refractivity contribution is -0.438. The molecule has 0 bridgehead atoms. The number of hydrogen-bond acceptors (Lipinski definition) is 9. The minimum atomic E-state index is -4.06. The van der Waals surface area contributed by atoms with Gasteiger partial charge >= 0.3 is 6.09 Å². The van der Waals surface area contributed by atoms with Crippen molar-refractivity contribution in [3.05, 3.63) is 107 Å². The van der Waals surface area contributed by atoms with Crippen molar-refractivity contribution < 1.29 is 41.7 Å². The summed E-state index contributed by atoms with van der Waals surface area (Å²) in [6, 6.07) is 16.7. The topological polar surface area (TPSA) is 129 Å². The highest BCUT2D eigenvalue weighted by Crippen LogP contribution is 2.48. The summed E-state index contributed by atoms with van der Waals surface area (Å²) >= 11 is 0.537. The van der Waals surface area contributed by atoms with Crippen LogP contribution in [0.1, 0.15) is 111 Å². The first-order valence-electron chi connectivity index (χ1n) is 19.5. The zero-order valence-corrected chi connectivity index (χ0v) is 35.6. The molecule has 1 amide bonds. The molecule has 0 unspecified atom stereocenters. The molecule has 5 rings (SSSR count). The minimum Gasteiger partial charge on any atom is -0.443 e. The fourth-order valence-corrected chi connectivity index (χ4v) is 9.07. The van der Waals surface area contributed by atoms with Crippen LogP contribution in [0, 0.1) is 0 Å². The zero-order chi connectivity index (χ0) is 40.9. The number of carbonyl (C=O) groups is 1. The van der Waals surface area contributed by atoms with Crippen LogP contribution < -0.4 is 4.90 Å². The molecule has 0 saturated heterocycles. The molecular weight excluding hydrogens is 751 g/mol. The molecule has 13 heteroatoms. The summed E-state index contributed by atoms with van der Waals surface area (Å²) in [5.41, 5.74) is 7.69. The van der Waals surface area contributed by atoms with Crippen molar-refractivity contribution in [1.82, 2.24) is 4.31 Å². The van der Waals surface area contributed by atoms with Gasteiger partial charge in [-0.3, -0.25) is 4.55 Å². The molecule has 56 heavy (non-hydrogen) atoms. The molecule has 0 atom stereocenters. The molecule has 2 N–H and O–H groups in total. The van der Waals surface area contributed by atoms with Crippen LogP contribution >= 0.6 is 12.2 Å². The molecule has 304 valence electrons. The first-order valence-corrected chi connectivity index (χ1v) is 21.8. The van der Waals surface area contributed by atoms with Gasteiger partial charge in [-0.15, -0.1) is 4.33 Å². The Kier molecular flexibility index (Phi) is 13.8. The van der Waals surface area contributed by atoms with Gasteiger partial charge < -0.3 is 9.64 Å². The second kappa shape index (κ2) is 17.8. The normalized spacial score (nSPS) is 19.1. The van der Waals surface area contributed by atoms with Crippen molar-refractivity contribution in [1.29, 1.82) is 0 Å². The Hall–Kier alpha value is -3.72. The Labute approximate surface area is 337 Å². The molecule has 2 aromatic rings. The predicted molar refractivity (Wildman–Crippen MR) is 223 cm³/mol. The van der Waals surface area contributed by atoms with Crippen LogP contribution in [-0.4, -0.2) is 63.4 Å². The van der Waals surface area contributed by atoms with Crippen LogP contribution in [0.4, 0.5) is 16.2 Å². The Morgan fingerprint density at radius 2 is 1.64 bits per heavy atom. The third-order valence-electron chi connectivity index (χ3n) is 10.7. The van der Waals surface area contributed by atoms with E-state index in [-0.39, 0.29) is 11.2 Å². The van der Waals surface area contributed by atoms with E-state index in [2.05, 4.69) is 104 Å². The third kappa shape index (κ3) is 9.86. The van der Waals surface area contributed by atoms with Gasteiger partial charge in [0.15, 0.2) is 17.9 Å². The first-order chi connectivity index (χ1) is 26.4. The molecule has 0 radical (unpaired) electrons. The van der Waals surface area contributed by atoms with E-state index in [9.17, 15) is 23.0 Å². The third-order valence-corrected chi connectivity index (χ3v) is 12.1. The van der Waals surface area contributed by atoms with Gasteiger partial charge in [0.1, 0.15) is 12.1 Å². The summed E-state index contributed by atoms with van der Waals surface area (Å²) in [5.74, 6) is -0.296. The Balaban J connectivity index is 1.62. The van der Waals surface area contributed by atoms with Gasteiger partial charge in [0, 0.05) is 47.5 Å². The van der Waals surface area contributed by atoms with Crippen LogP contribution in [0.5, 0.6) is 0 Å². The maximum absolute atomic E-state index is 13.9. The summed E-state index contributed by atoms with van der Waals surface area (Å²) in [6.07, 6.45) is 13.1. The van der Waals surface area contributed by atoms with E-state index in [1.807, 2.05) is 18.2 Å². The number of para-hydroxylation sites is 2. The molecule has 2 aromatic carbocycles. The highest BCUT2D eigenvalue weighted by Gasteiger charge is 2.44. The Bertz CT molecular complexity index is 2040. The molecule has 0 fully saturated rings.